The molecule has 0 saturated carbocycles. The maximum Gasteiger partial charge on any atom is 0.256 e. The van der Waals surface area contributed by atoms with Crippen LogP contribution < -0.4 is 4.72 Å². The van der Waals surface area contributed by atoms with Crippen LogP contribution in [0.5, 0.6) is 0 Å². The van der Waals surface area contributed by atoms with Gasteiger partial charge in [-0.25, -0.2) is 17.5 Å². The van der Waals surface area contributed by atoms with Crippen molar-refractivity contribution in [3.05, 3.63) is 29.6 Å². The van der Waals surface area contributed by atoms with Crippen molar-refractivity contribution in [3.8, 4) is 0 Å². The van der Waals surface area contributed by atoms with Crippen LogP contribution in [-0.4, -0.2) is 39.4 Å². The van der Waals surface area contributed by atoms with Gasteiger partial charge in [0.2, 0.25) is 10.0 Å². The lowest BCUT2D eigenvalue weighted by molar-refractivity contribution is 0.0788. The highest BCUT2D eigenvalue weighted by Crippen LogP contribution is 2.18. The van der Waals surface area contributed by atoms with Gasteiger partial charge in [0.25, 0.3) is 5.91 Å². The van der Waals surface area contributed by atoms with E-state index in [0.717, 1.165) is 18.9 Å². The van der Waals surface area contributed by atoms with Gasteiger partial charge in [-0.05, 0) is 38.1 Å². The Morgan fingerprint density at radius 2 is 1.95 bits per heavy atom. The van der Waals surface area contributed by atoms with Gasteiger partial charge in [0, 0.05) is 13.1 Å². The highest BCUT2D eigenvalue weighted by atomic mass is 32.2. The highest BCUT2D eigenvalue weighted by Gasteiger charge is 2.23. The minimum Gasteiger partial charge on any atom is -0.339 e. The average Bonchev–Trinajstić information content (AvgIpc) is 2.91. The monoisotopic (exact) mass is 286 g/mol. The Bertz CT molecular complexity index is 595. The lowest BCUT2D eigenvalue weighted by Gasteiger charge is -2.15. The number of halogens is 1. The Balaban J connectivity index is 2.32. The van der Waals surface area contributed by atoms with Crippen molar-refractivity contribution in [2.75, 3.05) is 20.1 Å². The van der Waals surface area contributed by atoms with Gasteiger partial charge in [0.1, 0.15) is 5.82 Å². The molecule has 7 heteroatoms. The molecule has 0 unspecified atom stereocenters. The molecule has 0 spiro atoms. The molecule has 1 aromatic carbocycles. The third-order valence-corrected chi connectivity index (χ3v) is 4.56. The summed E-state index contributed by atoms with van der Waals surface area (Å²) >= 11 is 0. The molecule has 1 heterocycles. The van der Waals surface area contributed by atoms with Crippen LogP contribution >= 0.6 is 0 Å². The van der Waals surface area contributed by atoms with Gasteiger partial charge < -0.3 is 4.90 Å². The van der Waals surface area contributed by atoms with Gasteiger partial charge in [-0.15, -0.1) is 0 Å². The molecule has 0 aliphatic carbocycles. The van der Waals surface area contributed by atoms with E-state index >= 15 is 0 Å². The van der Waals surface area contributed by atoms with E-state index in [1.807, 2.05) is 0 Å². The van der Waals surface area contributed by atoms with Gasteiger partial charge in [0.05, 0.1) is 10.5 Å². The van der Waals surface area contributed by atoms with Crippen LogP contribution in [0.15, 0.2) is 23.1 Å². The normalized spacial score (nSPS) is 15.8. The highest BCUT2D eigenvalue weighted by molar-refractivity contribution is 7.89. The summed E-state index contributed by atoms with van der Waals surface area (Å²) in [4.78, 5) is 13.4. The number of rotatable bonds is 3. The number of carbonyl (C=O) groups excluding carboxylic acids is 1. The summed E-state index contributed by atoms with van der Waals surface area (Å²) in [6.45, 7) is 1.24. The zero-order chi connectivity index (χ0) is 14.0. The van der Waals surface area contributed by atoms with Crippen molar-refractivity contribution in [1.82, 2.24) is 9.62 Å². The van der Waals surface area contributed by atoms with Gasteiger partial charge in [-0.1, -0.05) is 0 Å². The number of amides is 1. The van der Waals surface area contributed by atoms with Crippen LogP contribution in [0, 0.1) is 5.82 Å². The molecular formula is C12H15FN2O3S. The Labute approximate surface area is 111 Å². The maximum absolute atomic E-state index is 13.9. The first-order valence-electron chi connectivity index (χ1n) is 5.98. The zero-order valence-corrected chi connectivity index (χ0v) is 11.3. The molecule has 1 amide bonds. The van der Waals surface area contributed by atoms with E-state index < -0.39 is 15.8 Å². The summed E-state index contributed by atoms with van der Waals surface area (Å²) in [5, 5.41) is 0. The Hall–Kier alpha value is -1.47. The number of sulfonamides is 1. The van der Waals surface area contributed by atoms with E-state index in [-0.39, 0.29) is 16.4 Å². The predicted molar refractivity (Wildman–Crippen MR) is 67.8 cm³/mol. The number of nitrogens with zero attached hydrogens (tertiary/aromatic N) is 1. The third-order valence-electron chi connectivity index (χ3n) is 3.14. The van der Waals surface area contributed by atoms with Crippen LogP contribution in [0.1, 0.15) is 23.2 Å². The number of nitrogens with one attached hydrogen (secondary N) is 1. The van der Waals surface area contributed by atoms with E-state index in [1.165, 1.54) is 19.2 Å². The smallest absolute Gasteiger partial charge is 0.256 e. The fourth-order valence-electron chi connectivity index (χ4n) is 2.04. The number of hydrogen-bond donors (Lipinski definition) is 1. The van der Waals surface area contributed by atoms with E-state index in [9.17, 15) is 17.6 Å². The summed E-state index contributed by atoms with van der Waals surface area (Å²) < 4.78 is 39.0. The number of carbonyl (C=O) groups is 1. The lowest BCUT2D eigenvalue weighted by Crippen LogP contribution is -2.28. The number of likely N-dealkylation sites (tertiary alicyclic amines) is 1. The average molecular weight is 286 g/mol. The molecule has 1 fully saturated rings. The first-order chi connectivity index (χ1) is 8.95. The number of benzene rings is 1. The second-order valence-corrected chi connectivity index (χ2v) is 6.24. The van der Waals surface area contributed by atoms with Crippen LogP contribution in [0.2, 0.25) is 0 Å². The summed E-state index contributed by atoms with van der Waals surface area (Å²) in [5.74, 6) is -1.20. The molecule has 5 nitrogen and oxygen atoms in total. The van der Waals surface area contributed by atoms with E-state index in [1.54, 1.807) is 4.90 Å². The molecule has 0 atom stereocenters. The SMILES string of the molecule is CNS(=O)(=O)c1ccc(C(=O)N2CCCC2)c(F)c1. The van der Waals surface area contributed by atoms with Crippen molar-refractivity contribution in [2.45, 2.75) is 17.7 Å². The van der Waals surface area contributed by atoms with E-state index in [2.05, 4.69) is 4.72 Å². The van der Waals surface area contributed by atoms with Crippen molar-refractivity contribution in [3.63, 3.8) is 0 Å². The largest absolute Gasteiger partial charge is 0.339 e. The Morgan fingerprint density at radius 1 is 1.32 bits per heavy atom. The summed E-state index contributed by atoms with van der Waals surface area (Å²) in [5.41, 5.74) is -0.0862. The standard InChI is InChI=1S/C12H15FN2O3S/c1-14-19(17,18)9-4-5-10(11(13)8-9)12(16)15-6-2-3-7-15/h4-5,8,14H,2-3,6-7H2,1H3. The Kier molecular flexibility index (Phi) is 3.86. The van der Waals surface area contributed by atoms with Gasteiger partial charge >= 0.3 is 0 Å². The van der Waals surface area contributed by atoms with E-state index in [0.29, 0.717) is 13.1 Å². The molecule has 1 N–H and O–H groups in total. The van der Waals surface area contributed by atoms with Crippen molar-refractivity contribution >= 4 is 15.9 Å². The van der Waals surface area contributed by atoms with E-state index in [4.69, 9.17) is 0 Å². The zero-order valence-electron chi connectivity index (χ0n) is 10.5. The first-order valence-corrected chi connectivity index (χ1v) is 7.46. The quantitative estimate of drug-likeness (QED) is 0.900. The molecule has 1 aliphatic rings. The molecule has 1 aromatic rings. The first kappa shape index (κ1) is 14.0. The molecule has 2 rings (SSSR count). The predicted octanol–water partition coefficient (Wildman–Crippen LogP) is 0.970. The molecule has 19 heavy (non-hydrogen) atoms. The van der Waals surface area contributed by atoms with Gasteiger partial charge in [0.15, 0.2) is 0 Å². The Morgan fingerprint density at radius 3 is 2.47 bits per heavy atom. The minimum atomic E-state index is -3.70. The van der Waals surface area contributed by atoms with Crippen LogP contribution in [0.4, 0.5) is 4.39 Å². The summed E-state index contributed by atoms with van der Waals surface area (Å²) in [6, 6.07) is 3.33. The van der Waals surface area contributed by atoms with Gasteiger partial charge in [-0.2, -0.15) is 0 Å². The van der Waals surface area contributed by atoms with Crippen LogP contribution in [0.3, 0.4) is 0 Å². The molecular weight excluding hydrogens is 271 g/mol. The number of hydrogen-bond acceptors (Lipinski definition) is 3. The van der Waals surface area contributed by atoms with Crippen molar-refractivity contribution < 1.29 is 17.6 Å². The fourth-order valence-corrected chi connectivity index (χ4v) is 2.79. The topological polar surface area (TPSA) is 66.5 Å². The van der Waals surface area contributed by atoms with Crippen LogP contribution in [0.25, 0.3) is 0 Å². The molecule has 1 aliphatic heterocycles. The van der Waals surface area contributed by atoms with Gasteiger partial charge in [-0.3, -0.25) is 4.79 Å². The molecule has 0 bridgehead atoms. The molecule has 0 aromatic heterocycles. The molecule has 0 radical (unpaired) electrons. The maximum atomic E-state index is 13.9. The lowest BCUT2D eigenvalue weighted by atomic mass is 10.2. The third kappa shape index (κ3) is 2.76. The summed E-state index contributed by atoms with van der Waals surface area (Å²) in [7, 11) is -2.45. The minimum absolute atomic E-state index is 0.0862. The second-order valence-electron chi connectivity index (χ2n) is 4.35. The van der Waals surface area contributed by atoms with Crippen molar-refractivity contribution in [1.29, 1.82) is 0 Å². The summed E-state index contributed by atoms with van der Waals surface area (Å²) in [6.07, 6.45) is 1.83. The van der Waals surface area contributed by atoms with Crippen LogP contribution in [-0.2, 0) is 10.0 Å². The second kappa shape index (κ2) is 5.26. The molecule has 1 saturated heterocycles. The molecule has 104 valence electrons. The fraction of sp³-hybridized carbons (Fsp3) is 0.417. The van der Waals surface area contributed by atoms with Crippen molar-refractivity contribution in [2.24, 2.45) is 0 Å².